The quantitative estimate of drug-likeness (QED) is 0.150. The monoisotopic (exact) mass is 621 g/mol. The fourth-order valence-electron chi connectivity index (χ4n) is 4.67. The van der Waals surface area contributed by atoms with Crippen molar-refractivity contribution in [3.63, 3.8) is 0 Å². The predicted octanol–water partition coefficient (Wildman–Crippen LogP) is 8.07. The first-order chi connectivity index (χ1) is 19.9. The van der Waals surface area contributed by atoms with E-state index in [1.165, 1.54) is 4.68 Å². The highest BCUT2D eigenvalue weighted by Gasteiger charge is 2.25. The lowest BCUT2D eigenvalue weighted by atomic mass is 9.90. The molecular weight excluding hydrogens is 602 g/mol. The van der Waals surface area contributed by atoms with Crippen molar-refractivity contribution >= 4 is 49.8 Å². The van der Waals surface area contributed by atoms with Crippen molar-refractivity contribution in [1.82, 2.24) is 9.78 Å². The maximum Gasteiger partial charge on any atom is 0.281 e. The molecule has 41 heavy (non-hydrogen) atoms. The average Bonchev–Trinajstić information content (AvgIpc) is 3.00. The molecule has 1 heterocycles. The predicted molar refractivity (Wildman–Crippen MR) is 166 cm³/mol. The minimum Gasteiger partial charge on any atom is -0.437 e. The SMILES string of the molecule is Nc1c(C(=O)c2ccccc2)c(-c2ccc(Cl)cc2)cc2c(Oc3ccc(Br)cc3)nn(-c3ccccc3)c(=O)c12. The number of carbonyl (C=O) groups is 1. The van der Waals surface area contributed by atoms with Gasteiger partial charge in [-0.15, -0.1) is 5.10 Å². The van der Waals surface area contributed by atoms with E-state index in [9.17, 15) is 9.59 Å². The fourth-order valence-corrected chi connectivity index (χ4v) is 5.06. The number of rotatable bonds is 6. The zero-order chi connectivity index (χ0) is 28.5. The van der Waals surface area contributed by atoms with E-state index in [4.69, 9.17) is 22.1 Å². The Morgan fingerprint density at radius 1 is 0.854 bits per heavy atom. The third-order valence-corrected chi connectivity index (χ3v) is 7.42. The van der Waals surface area contributed by atoms with E-state index in [2.05, 4.69) is 21.0 Å². The normalized spacial score (nSPS) is 11.0. The highest BCUT2D eigenvalue weighted by atomic mass is 79.9. The Hall–Kier alpha value is -4.72. The maximum absolute atomic E-state index is 14.0. The molecular formula is C33H21BrClN3O3. The van der Waals surface area contributed by atoms with Crippen LogP contribution < -0.4 is 16.0 Å². The number of fused-ring (bicyclic) bond motifs is 1. The highest BCUT2D eigenvalue weighted by molar-refractivity contribution is 9.10. The molecule has 0 spiro atoms. The molecule has 0 saturated carbocycles. The Morgan fingerprint density at radius 2 is 1.49 bits per heavy atom. The van der Waals surface area contributed by atoms with Gasteiger partial charge in [-0.1, -0.05) is 88.2 Å². The van der Waals surface area contributed by atoms with Gasteiger partial charge in [0.1, 0.15) is 5.75 Å². The molecule has 0 aliphatic carbocycles. The van der Waals surface area contributed by atoms with Crippen LogP contribution in [-0.4, -0.2) is 15.6 Å². The van der Waals surface area contributed by atoms with Crippen LogP contribution in [0.2, 0.25) is 5.02 Å². The summed E-state index contributed by atoms with van der Waals surface area (Å²) < 4.78 is 8.39. The second kappa shape index (κ2) is 11.0. The summed E-state index contributed by atoms with van der Waals surface area (Å²) in [6.07, 6.45) is 0. The second-order valence-electron chi connectivity index (χ2n) is 9.25. The van der Waals surface area contributed by atoms with E-state index in [0.717, 1.165) is 4.47 Å². The summed E-state index contributed by atoms with van der Waals surface area (Å²) in [4.78, 5) is 28.0. The van der Waals surface area contributed by atoms with Crippen LogP contribution in [0.5, 0.6) is 11.6 Å². The first-order valence-corrected chi connectivity index (χ1v) is 13.8. The van der Waals surface area contributed by atoms with Crippen molar-refractivity contribution in [2.75, 3.05) is 5.73 Å². The molecule has 0 bridgehead atoms. The van der Waals surface area contributed by atoms with E-state index in [-0.39, 0.29) is 28.3 Å². The molecule has 0 aliphatic rings. The van der Waals surface area contributed by atoms with Crippen molar-refractivity contribution in [1.29, 1.82) is 0 Å². The number of ether oxygens (including phenoxy) is 1. The molecule has 0 amide bonds. The van der Waals surface area contributed by atoms with Crippen LogP contribution in [0.3, 0.4) is 0 Å². The van der Waals surface area contributed by atoms with Gasteiger partial charge in [0.05, 0.1) is 27.7 Å². The van der Waals surface area contributed by atoms with Gasteiger partial charge in [0.15, 0.2) is 5.78 Å². The molecule has 0 fully saturated rings. The van der Waals surface area contributed by atoms with Gasteiger partial charge in [0.2, 0.25) is 5.88 Å². The van der Waals surface area contributed by atoms with Gasteiger partial charge < -0.3 is 10.5 Å². The minimum absolute atomic E-state index is 0.0408. The molecule has 2 N–H and O–H groups in total. The number of nitrogens with zero attached hydrogens (tertiary/aromatic N) is 2. The van der Waals surface area contributed by atoms with Gasteiger partial charge >= 0.3 is 0 Å². The van der Waals surface area contributed by atoms with Crippen LogP contribution in [0.25, 0.3) is 27.6 Å². The molecule has 0 unspecified atom stereocenters. The largest absolute Gasteiger partial charge is 0.437 e. The Balaban J connectivity index is 1.70. The van der Waals surface area contributed by atoms with E-state index in [0.29, 0.717) is 38.5 Å². The van der Waals surface area contributed by atoms with Gasteiger partial charge in [-0.05, 0) is 65.7 Å². The van der Waals surface area contributed by atoms with Crippen LogP contribution in [-0.2, 0) is 0 Å². The lowest BCUT2D eigenvalue weighted by Gasteiger charge is -2.18. The molecule has 0 aliphatic heterocycles. The summed E-state index contributed by atoms with van der Waals surface area (Å²) in [7, 11) is 0. The van der Waals surface area contributed by atoms with Crippen LogP contribution >= 0.6 is 27.5 Å². The number of carbonyl (C=O) groups excluding carboxylic acids is 1. The Kier molecular flexibility index (Phi) is 7.14. The van der Waals surface area contributed by atoms with Gasteiger partial charge in [-0.25, -0.2) is 0 Å². The summed E-state index contributed by atoms with van der Waals surface area (Å²) in [6.45, 7) is 0. The first kappa shape index (κ1) is 26.5. The summed E-state index contributed by atoms with van der Waals surface area (Å²) in [5.74, 6) is 0.357. The Bertz CT molecular complexity index is 1960. The van der Waals surface area contributed by atoms with Gasteiger partial charge in [0, 0.05) is 15.1 Å². The van der Waals surface area contributed by atoms with Crippen molar-refractivity contribution in [2.24, 2.45) is 0 Å². The maximum atomic E-state index is 14.0. The lowest BCUT2D eigenvalue weighted by molar-refractivity contribution is 0.104. The van der Waals surface area contributed by atoms with Gasteiger partial charge in [0.25, 0.3) is 5.56 Å². The molecule has 0 saturated heterocycles. The topological polar surface area (TPSA) is 87.2 Å². The summed E-state index contributed by atoms with van der Waals surface area (Å²) in [6, 6.07) is 33.9. The number of ketones is 1. The number of hydrogen-bond donors (Lipinski definition) is 1. The van der Waals surface area contributed by atoms with Crippen LogP contribution in [0.1, 0.15) is 15.9 Å². The third-order valence-electron chi connectivity index (χ3n) is 6.64. The molecule has 0 radical (unpaired) electrons. The van der Waals surface area contributed by atoms with Crippen molar-refractivity contribution in [3.05, 3.63) is 146 Å². The molecule has 6 aromatic rings. The zero-order valence-electron chi connectivity index (χ0n) is 21.4. The number of nitrogens with two attached hydrogens (primary N) is 1. The van der Waals surface area contributed by atoms with E-state index >= 15 is 0 Å². The molecule has 0 atom stereocenters. The van der Waals surface area contributed by atoms with E-state index < -0.39 is 5.56 Å². The first-order valence-electron chi connectivity index (χ1n) is 12.6. The van der Waals surface area contributed by atoms with Gasteiger partial charge in [-0.2, -0.15) is 4.68 Å². The standard InChI is InChI=1S/C33H21BrClN3O3/c34-22-13-17-25(18-14-22)41-32-27-19-26(20-11-15-23(35)16-12-20)28(31(39)21-7-3-1-4-8-21)30(36)29(27)33(40)38(37-32)24-9-5-2-6-10-24/h1-19H,36H2. The number of nitrogen functional groups attached to an aromatic ring is 1. The van der Waals surface area contributed by atoms with Crippen LogP contribution in [0.4, 0.5) is 5.69 Å². The van der Waals surface area contributed by atoms with E-state index in [1.807, 2.05) is 24.3 Å². The molecule has 5 aromatic carbocycles. The smallest absolute Gasteiger partial charge is 0.281 e. The summed E-state index contributed by atoms with van der Waals surface area (Å²) in [5, 5.41) is 5.67. The molecule has 8 heteroatoms. The second-order valence-corrected chi connectivity index (χ2v) is 10.6. The Morgan fingerprint density at radius 3 is 2.15 bits per heavy atom. The van der Waals surface area contributed by atoms with Crippen LogP contribution in [0.15, 0.2) is 125 Å². The number of halogens is 2. The fraction of sp³-hybridized carbons (Fsp3) is 0. The number of para-hydroxylation sites is 1. The summed E-state index contributed by atoms with van der Waals surface area (Å²) >= 11 is 9.62. The van der Waals surface area contributed by atoms with Crippen molar-refractivity contribution < 1.29 is 9.53 Å². The molecule has 200 valence electrons. The van der Waals surface area contributed by atoms with E-state index in [1.54, 1.807) is 91.0 Å². The number of benzene rings is 5. The number of aromatic nitrogens is 2. The minimum atomic E-state index is -0.475. The number of hydrogen-bond acceptors (Lipinski definition) is 5. The third kappa shape index (κ3) is 5.13. The average molecular weight is 623 g/mol. The zero-order valence-corrected chi connectivity index (χ0v) is 23.8. The summed E-state index contributed by atoms with van der Waals surface area (Å²) in [5.41, 5.74) is 8.78. The van der Waals surface area contributed by atoms with Crippen LogP contribution in [0, 0.1) is 0 Å². The van der Waals surface area contributed by atoms with Crippen molar-refractivity contribution in [3.8, 4) is 28.4 Å². The highest BCUT2D eigenvalue weighted by Crippen LogP contribution is 2.39. The van der Waals surface area contributed by atoms with Gasteiger partial charge in [-0.3, -0.25) is 9.59 Å². The molecule has 1 aromatic heterocycles. The van der Waals surface area contributed by atoms with Crippen molar-refractivity contribution in [2.45, 2.75) is 0 Å². The lowest BCUT2D eigenvalue weighted by Crippen LogP contribution is -2.24. The molecule has 6 rings (SSSR count). The Labute approximate surface area is 248 Å². The number of anilines is 1. The molecule has 6 nitrogen and oxygen atoms in total.